The molecule has 2 rings (SSSR count). The summed E-state index contributed by atoms with van der Waals surface area (Å²) in [6.07, 6.45) is 0. The Morgan fingerprint density at radius 2 is 1.71 bits per heavy atom. The number of urea groups is 1. The Labute approximate surface area is 130 Å². The molecule has 0 radical (unpaired) electrons. The highest BCUT2D eigenvalue weighted by molar-refractivity contribution is 9.10. The first kappa shape index (κ1) is 15.1. The molecule has 0 spiro atoms. The zero-order chi connectivity index (χ0) is 15.2. The maximum absolute atomic E-state index is 11.9. The molecule has 0 atom stereocenters. The minimum atomic E-state index is -0.596. The van der Waals surface area contributed by atoms with Gasteiger partial charge in [-0.1, -0.05) is 12.1 Å². The monoisotopic (exact) mass is 348 g/mol. The largest absolute Gasteiger partial charge is 0.497 e. The molecular formula is C15H13BrN2O3. The number of benzene rings is 2. The Morgan fingerprint density at radius 3 is 2.33 bits per heavy atom. The molecule has 0 aliphatic heterocycles. The number of rotatable bonds is 3. The number of imide groups is 1. The Hall–Kier alpha value is -2.34. The predicted molar refractivity (Wildman–Crippen MR) is 83.6 cm³/mol. The summed E-state index contributed by atoms with van der Waals surface area (Å²) in [5.74, 6) is 0.207. The van der Waals surface area contributed by atoms with Crippen LogP contribution in [0.15, 0.2) is 53.0 Å². The number of anilines is 1. The van der Waals surface area contributed by atoms with E-state index in [1.807, 2.05) is 0 Å². The minimum Gasteiger partial charge on any atom is -0.497 e. The molecule has 21 heavy (non-hydrogen) atoms. The lowest BCUT2D eigenvalue weighted by Gasteiger charge is -2.08. The number of ether oxygens (including phenoxy) is 1. The third-order valence-electron chi connectivity index (χ3n) is 2.69. The maximum Gasteiger partial charge on any atom is 0.326 e. The van der Waals surface area contributed by atoms with Crippen molar-refractivity contribution < 1.29 is 14.3 Å². The van der Waals surface area contributed by atoms with E-state index in [0.717, 1.165) is 0 Å². The Kier molecular flexibility index (Phi) is 4.94. The number of hydrogen-bond donors (Lipinski definition) is 2. The molecule has 0 saturated carbocycles. The number of carbonyl (C=O) groups excluding carboxylic acids is 2. The molecule has 0 aromatic heterocycles. The summed E-state index contributed by atoms with van der Waals surface area (Å²) >= 11 is 3.26. The molecule has 0 fully saturated rings. The molecule has 0 unspecified atom stereocenters. The first-order chi connectivity index (χ1) is 10.1. The van der Waals surface area contributed by atoms with Crippen molar-refractivity contribution in [3.05, 3.63) is 58.6 Å². The van der Waals surface area contributed by atoms with Gasteiger partial charge in [-0.3, -0.25) is 10.1 Å². The summed E-state index contributed by atoms with van der Waals surface area (Å²) in [7, 11) is 1.56. The van der Waals surface area contributed by atoms with Gasteiger partial charge in [0.2, 0.25) is 0 Å². The molecule has 0 bridgehead atoms. The van der Waals surface area contributed by atoms with Crippen molar-refractivity contribution in [3.63, 3.8) is 0 Å². The van der Waals surface area contributed by atoms with Gasteiger partial charge >= 0.3 is 6.03 Å². The summed E-state index contributed by atoms with van der Waals surface area (Å²) in [6, 6.07) is 13.1. The number of methoxy groups -OCH3 is 1. The van der Waals surface area contributed by atoms with E-state index in [1.54, 1.807) is 55.6 Å². The van der Waals surface area contributed by atoms with E-state index in [2.05, 4.69) is 26.6 Å². The highest BCUT2D eigenvalue weighted by Crippen LogP contribution is 2.16. The van der Waals surface area contributed by atoms with Crippen LogP contribution in [0.2, 0.25) is 0 Å². The van der Waals surface area contributed by atoms with Crippen LogP contribution >= 0.6 is 15.9 Å². The van der Waals surface area contributed by atoms with Crippen LogP contribution in [0.25, 0.3) is 0 Å². The second kappa shape index (κ2) is 6.90. The molecule has 2 aromatic carbocycles. The van der Waals surface area contributed by atoms with E-state index in [-0.39, 0.29) is 0 Å². The lowest BCUT2D eigenvalue weighted by molar-refractivity contribution is 0.0966. The van der Waals surface area contributed by atoms with Crippen LogP contribution in [-0.4, -0.2) is 19.0 Å². The van der Waals surface area contributed by atoms with Gasteiger partial charge in [-0.25, -0.2) is 4.79 Å². The summed E-state index contributed by atoms with van der Waals surface area (Å²) in [5.41, 5.74) is 0.954. The number of halogens is 1. The van der Waals surface area contributed by atoms with Crippen LogP contribution in [0.1, 0.15) is 10.4 Å². The fourth-order valence-corrected chi connectivity index (χ4v) is 2.12. The van der Waals surface area contributed by atoms with Crippen LogP contribution in [0.4, 0.5) is 10.5 Å². The van der Waals surface area contributed by atoms with Gasteiger partial charge in [-0.2, -0.15) is 0 Å². The zero-order valence-electron chi connectivity index (χ0n) is 11.2. The summed E-state index contributed by atoms with van der Waals surface area (Å²) in [4.78, 5) is 23.7. The minimum absolute atomic E-state index is 0.391. The van der Waals surface area contributed by atoms with Crippen molar-refractivity contribution in [3.8, 4) is 5.75 Å². The van der Waals surface area contributed by atoms with E-state index < -0.39 is 11.9 Å². The molecule has 2 N–H and O–H groups in total. The van der Waals surface area contributed by atoms with E-state index >= 15 is 0 Å². The number of hydrogen-bond acceptors (Lipinski definition) is 3. The molecule has 3 amide bonds. The van der Waals surface area contributed by atoms with Crippen LogP contribution in [0, 0.1) is 0 Å². The van der Waals surface area contributed by atoms with Gasteiger partial charge in [0, 0.05) is 10.2 Å². The van der Waals surface area contributed by atoms with Crippen LogP contribution < -0.4 is 15.4 Å². The molecular weight excluding hydrogens is 336 g/mol. The van der Waals surface area contributed by atoms with Crippen molar-refractivity contribution >= 4 is 33.6 Å². The van der Waals surface area contributed by atoms with E-state index in [0.29, 0.717) is 21.5 Å². The fourth-order valence-electron chi connectivity index (χ4n) is 1.65. The molecule has 0 aliphatic rings. The average molecular weight is 349 g/mol. The van der Waals surface area contributed by atoms with Crippen LogP contribution in [-0.2, 0) is 0 Å². The van der Waals surface area contributed by atoms with Crippen molar-refractivity contribution in [2.75, 3.05) is 12.4 Å². The van der Waals surface area contributed by atoms with Crippen molar-refractivity contribution in [2.24, 2.45) is 0 Å². The van der Waals surface area contributed by atoms with Crippen molar-refractivity contribution in [1.82, 2.24) is 5.32 Å². The zero-order valence-corrected chi connectivity index (χ0v) is 12.8. The van der Waals surface area contributed by atoms with Gasteiger partial charge in [0.15, 0.2) is 0 Å². The van der Waals surface area contributed by atoms with Gasteiger partial charge in [0.25, 0.3) is 5.91 Å². The second-order valence-corrected chi connectivity index (χ2v) is 4.97. The van der Waals surface area contributed by atoms with Crippen molar-refractivity contribution in [2.45, 2.75) is 0 Å². The highest BCUT2D eigenvalue weighted by atomic mass is 79.9. The SMILES string of the molecule is COc1ccc(NC(=O)NC(=O)c2ccccc2Br)cc1. The fraction of sp³-hybridized carbons (Fsp3) is 0.0667. The van der Waals surface area contributed by atoms with Crippen molar-refractivity contribution in [1.29, 1.82) is 0 Å². The highest BCUT2D eigenvalue weighted by Gasteiger charge is 2.12. The summed E-state index contributed by atoms with van der Waals surface area (Å²) in [6.45, 7) is 0. The van der Waals surface area contributed by atoms with E-state index in [1.165, 1.54) is 0 Å². The Bertz CT molecular complexity index is 656. The second-order valence-electron chi connectivity index (χ2n) is 4.12. The molecule has 108 valence electrons. The smallest absolute Gasteiger partial charge is 0.326 e. The van der Waals surface area contributed by atoms with E-state index in [9.17, 15) is 9.59 Å². The molecule has 6 heteroatoms. The predicted octanol–water partition coefficient (Wildman–Crippen LogP) is 3.42. The summed E-state index contributed by atoms with van der Waals surface area (Å²) < 4.78 is 5.65. The number of carbonyl (C=O) groups is 2. The molecule has 0 aliphatic carbocycles. The molecule has 0 heterocycles. The van der Waals surface area contributed by atoms with Gasteiger partial charge in [0.1, 0.15) is 5.75 Å². The number of nitrogens with one attached hydrogen (secondary N) is 2. The topological polar surface area (TPSA) is 67.4 Å². The first-order valence-electron chi connectivity index (χ1n) is 6.11. The lowest BCUT2D eigenvalue weighted by Crippen LogP contribution is -2.34. The van der Waals surface area contributed by atoms with Crippen LogP contribution in [0.5, 0.6) is 5.75 Å². The van der Waals surface area contributed by atoms with Crippen LogP contribution in [0.3, 0.4) is 0 Å². The standard InChI is InChI=1S/C15H13BrN2O3/c1-21-11-8-6-10(7-9-11)17-15(20)18-14(19)12-4-2-3-5-13(12)16/h2-9H,1H3,(H2,17,18,19,20). The molecule has 2 aromatic rings. The normalized spacial score (nSPS) is 9.81. The summed E-state index contributed by atoms with van der Waals surface area (Å²) in [5, 5.41) is 4.84. The third-order valence-corrected chi connectivity index (χ3v) is 3.38. The molecule has 0 saturated heterocycles. The van der Waals surface area contributed by atoms with Gasteiger partial charge in [-0.15, -0.1) is 0 Å². The van der Waals surface area contributed by atoms with E-state index in [4.69, 9.17) is 4.74 Å². The lowest BCUT2D eigenvalue weighted by atomic mass is 10.2. The Morgan fingerprint density at radius 1 is 1.05 bits per heavy atom. The van der Waals surface area contributed by atoms with Gasteiger partial charge in [0.05, 0.1) is 12.7 Å². The number of amides is 3. The maximum atomic E-state index is 11.9. The Balaban J connectivity index is 1.98. The molecule has 5 nitrogen and oxygen atoms in total. The average Bonchev–Trinajstić information content (AvgIpc) is 2.48. The quantitative estimate of drug-likeness (QED) is 0.892. The first-order valence-corrected chi connectivity index (χ1v) is 6.90. The third kappa shape index (κ3) is 4.06. The van der Waals surface area contributed by atoms with Gasteiger partial charge in [-0.05, 0) is 52.3 Å². The van der Waals surface area contributed by atoms with Gasteiger partial charge < -0.3 is 10.1 Å².